The van der Waals surface area contributed by atoms with E-state index < -0.39 is 0 Å². The quantitative estimate of drug-likeness (QED) is 0.677. The van der Waals surface area contributed by atoms with Gasteiger partial charge in [0.15, 0.2) is 0 Å². The molecular weight excluding hydrogens is 216 g/mol. The summed E-state index contributed by atoms with van der Waals surface area (Å²) in [5, 5.41) is 0. The molecule has 2 aromatic carbocycles. The zero-order valence-corrected chi connectivity index (χ0v) is 10.3. The van der Waals surface area contributed by atoms with Crippen LogP contribution < -0.4 is 0 Å². The van der Waals surface area contributed by atoms with Crippen LogP contribution in [0.1, 0.15) is 23.5 Å². The highest BCUT2D eigenvalue weighted by Crippen LogP contribution is 2.70. The van der Waals surface area contributed by atoms with Gasteiger partial charge in [0.1, 0.15) is 0 Å². The summed E-state index contributed by atoms with van der Waals surface area (Å²) < 4.78 is 0. The van der Waals surface area contributed by atoms with Crippen molar-refractivity contribution in [2.24, 2.45) is 5.92 Å². The van der Waals surface area contributed by atoms with Crippen LogP contribution in [0.5, 0.6) is 0 Å². The van der Waals surface area contributed by atoms with E-state index in [1.807, 2.05) is 0 Å². The number of fused-ring (bicyclic) bond motifs is 1. The molecule has 0 heteroatoms. The first-order chi connectivity index (χ1) is 8.93. The smallest absolute Gasteiger partial charge is 0.0131 e. The molecule has 0 aromatic heterocycles. The average Bonchev–Trinajstić information content (AvgIpc) is 2.90. The van der Waals surface area contributed by atoms with Gasteiger partial charge >= 0.3 is 0 Å². The fourth-order valence-corrected chi connectivity index (χ4v) is 3.83. The Bertz CT molecular complexity index is 582. The Kier molecular flexibility index (Phi) is 2.02. The summed E-state index contributed by atoms with van der Waals surface area (Å²) in [5.41, 5.74) is 3.37. The summed E-state index contributed by atoms with van der Waals surface area (Å²) >= 11 is 0. The summed E-state index contributed by atoms with van der Waals surface area (Å²) in [5.74, 6) is 1.40. The van der Waals surface area contributed by atoms with Gasteiger partial charge in [0.2, 0.25) is 0 Å². The standard InChI is InChI=1S/C18H16/c1-3-8-14(9-4-1)17-16-12-7-13-18(16,17)15-10-5-2-6-11-15/h1-12,16-17H,13H2/t16-,17+,18+/m1/s1. The van der Waals surface area contributed by atoms with E-state index >= 15 is 0 Å². The third kappa shape index (κ3) is 1.21. The molecule has 0 unspecified atom stereocenters. The van der Waals surface area contributed by atoms with E-state index in [9.17, 15) is 0 Å². The number of rotatable bonds is 2. The van der Waals surface area contributed by atoms with Crippen LogP contribution in [-0.2, 0) is 5.41 Å². The molecule has 1 saturated carbocycles. The highest BCUT2D eigenvalue weighted by Gasteiger charge is 2.65. The fourth-order valence-electron chi connectivity index (χ4n) is 3.83. The molecule has 2 aliphatic carbocycles. The Morgan fingerprint density at radius 3 is 2.22 bits per heavy atom. The maximum Gasteiger partial charge on any atom is 0.0131 e. The molecule has 0 aliphatic heterocycles. The largest absolute Gasteiger partial charge is 0.0873 e. The van der Waals surface area contributed by atoms with Crippen LogP contribution in [0.15, 0.2) is 72.8 Å². The molecule has 3 atom stereocenters. The van der Waals surface area contributed by atoms with Crippen LogP contribution in [0, 0.1) is 5.92 Å². The molecule has 0 radical (unpaired) electrons. The number of benzene rings is 2. The first-order valence-corrected chi connectivity index (χ1v) is 6.70. The van der Waals surface area contributed by atoms with E-state index in [4.69, 9.17) is 0 Å². The van der Waals surface area contributed by atoms with Gasteiger partial charge in [0.05, 0.1) is 0 Å². The summed E-state index contributed by atoms with van der Waals surface area (Å²) in [6, 6.07) is 22.0. The fraction of sp³-hybridized carbons (Fsp3) is 0.222. The van der Waals surface area contributed by atoms with Crippen LogP contribution in [0.4, 0.5) is 0 Å². The highest BCUT2D eigenvalue weighted by molar-refractivity contribution is 5.51. The topological polar surface area (TPSA) is 0 Å². The van der Waals surface area contributed by atoms with Crippen LogP contribution in [-0.4, -0.2) is 0 Å². The van der Waals surface area contributed by atoms with Gasteiger partial charge in [-0.15, -0.1) is 0 Å². The lowest BCUT2D eigenvalue weighted by Gasteiger charge is -2.15. The highest BCUT2D eigenvalue weighted by atomic mass is 14.7. The van der Waals surface area contributed by atoms with Gasteiger partial charge in [-0.3, -0.25) is 0 Å². The van der Waals surface area contributed by atoms with Crippen LogP contribution >= 0.6 is 0 Å². The Morgan fingerprint density at radius 2 is 1.50 bits per heavy atom. The lowest BCUT2D eigenvalue weighted by Crippen LogP contribution is -2.08. The summed E-state index contributed by atoms with van der Waals surface area (Å²) in [6.45, 7) is 0. The second kappa shape index (κ2) is 3.58. The lowest BCUT2D eigenvalue weighted by molar-refractivity contribution is 0.675. The summed E-state index contributed by atoms with van der Waals surface area (Å²) in [6.07, 6.45) is 5.98. The van der Waals surface area contributed by atoms with Crippen molar-refractivity contribution in [3.63, 3.8) is 0 Å². The average molecular weight is 232 g/mol. The van der Waals surface area contributed by atoms with E-state index in [0.717, 1.165) is 0 Å². The molecule has 88 valence electrons. The van der Waals surface area contributed by atoms with E-state index in [1.54, 1.807) is 0 Å². The second-order valence-electron chi connectivity index (χ2n) is 5.45. The van der Waals surface area contributed by atoms with Crippen molar-refractivity contribution in [3.8, 4) is 0 Å². The predicted molar refractivity (Wildman–Crippen MR) is 74.6 cm³/mol. The second-order valence-corrected chi connectivity index (χ2v) is 5.45. The molecule has 0 N–H and O–H groups in total. The minimum absolute atomic E-state index is 0.364. The zero-order chi connectivity index (χ0) is 12.0. The van der Waals surface area contributed by atoms with Gasteiger partial charge in [-0.2, -0.15) is 0 Å². The van der Waals surface area contributed by atoms with E-state index in [2.05, 4.69) is 72.8 Å². The molecular formula is C18H16. The summed E-state index contributed by atoms with van der Waals surface area (Å²) in [4.78, 5) is 0. The Hall–Kier alpha value is -1.82. The van der Waals surface area contributed by atoms with E-state index in [0.29, 0.717) is 17.3 Å². The molecule has 1 fully saturated rings. The number of hydrogen-bond donors (Lipinski definition) is 0. The van der Waals surface area contributed by atoms with Gasteiger partial charge in [-0.1, -0.05) is 72.8 Å². The van der Waals surface area contributed by atoms with Gasteiger partial charge in [0, 0.05) is 11.3 Å². The molecule has 2 aliphatic rings. The zero-order valence-electron chi connectivity index (χ0n) is 10.3. The minimum Gasteiger partial charge on any atom is -0.0873 e. The normalized spacial score (nSPS) is 32.2. The van der Waals surface area contributed by atoms with Gasteiger partial charge in [0.25, 0.3) is 0 Å². The Balaban J connectivity index is 1.78. The lowest BCUT2D eigenvalue weighted by atomic mass is 9.88. The van der Waals surface area contributed by atoms with Crippen molar-refractivity contribution >= 4 is 0 Å². The van der Waals surface area contributed by atoms with Crippen molar-refractivity contribution in [1.82, 2.24) is 0 Å². The van der Waals surface area contributed by atoms with E-state index in [-0.39, 0.29) is 0 Å². The maximum absolute atomic E-state index is 2.42. The number of hydrogen-bond acceptors (Lipinski definition) is 0. The van der Waals surface area contributed by atoms with Crippen molar-refractivity contribution in [2.75, 3.05) is 0 Å². The van der Waals surface area contributed by atoms with Gasteiger partial charge < -0.3 is 0 Å². The van der Waals surface area contributed by atoms with Gasteiger partial charge in [-0.05, 0) is 23.5 Å². The summed E-state index contributed by atoms with van der Waals surface area (Å²) in [7, 11) is 0. The molecule has 18 heavy (non-hydrogen) atoms. The molecule has 0 heterocycles. The van der Waals surface area contributed by atoms with Crippen molar-refractivity contribution in [1.29, 1.82) is 0 Å². The van der Waals surface area contributed by atoms with Crippen molar-refractivity contribution in [2.45, 2.75) is 17.8 Å². The van der Waals surface area contributed by atoms with Gasteiger partial charge in [-0.25, -0.2) is 0 Å². The van der Waals surface area contributed by atoms with Crippen LogP contribution in [0.3, 0.4) is 0 Å². The Morgan fingerprint density at radius 1 is 0.833 bits per heavy atom. The molecule has 4 rings (SSSR count). The molecule has 0 bridgehead atoms. The maximum atomic E-state index is 2.42. The first-order valence-electron chi connectivity index (χ1n) is 6.70. The first kappa shape index (κ1) is 10.1. The third-order valence-corrected chi connectivity index (χ3v) is 4.67. The monoisotopic (exact) mass is 232 g/mol. The molecule has 2 aromatic rings. The SMILES string of the molecule is C1=C[C@@H]2[C@H](c3ccccc3)[C@]2(c2ccccc2)C1. The van der Waals surface area contributed by atoms with Crippen LogP contribution in [0.2, 0.25) is 0 Å². The van der Waals surface area contributed by atoms with Crippen molar-refractivity contribution in [3.05, 3.63) is 83.9 Å². The van der Waals surface area contributed by atoms with Crippen molar-refractivity contribution < 1.29 is 0 Å². The molecule has 0 saturated heterocycles. The van der Waals surface area contributed by atoms with Crippen LogP contribution in [0.25, 0.3) is 0 Å². The molecule has 0 amide bonds. The third-order valence-electron chi connectivity index (χ3n) is 4.67. The number of allylic oxidation sites excluding steroid dienone is 2. The van der Waals surface area contributed by atoms with E-state index in [1.165, 1.54) is 17.5 Å². The minimum atomic E-state index is 0.364. The predicted octanol–water partition coefficient (Wildman–Crippen LogP) is 4.30. The Labute approximate surface area is 108 Å². The molecule has 0 spiro atoms. The molecule has 0 nitrogen and oxygen atoms in total.